The number of benzene rings is 1. The number of rotatable bonds is 4. The van der Waals surface area contributed by atoms with Crippen molar-refractivity contribution in [2.45, 2.75) is 24.3 Å². The van der Waals surface area contributed by atoms with Crippen molar-refractivity contribution >= 4 is 0 Å². The van der Waals surface area contributed by atoms with Crippen LogP contribution in [0.4, 0.5) is 0 Å². The summed E-state index contributed by atoms with van der Waals surface area (Å²) >= 11 is 0. The topological polar surface area (TPSA) is 68.8 Å². The smallest absolute Gasteiger partial charge is 0.0775 e. The first-order valence-corrected chi connectivity index (χ1v) is 6.14. The Balaban J connectivity index is 2.00. The number of aryl methyl sites for hydroxylation is 1. The van der Waals surface area contributed by atoms with Crippen molar-refractivity contribution < 1.29 is 0 Å². The van der Waals surface area contributed by atoms with E-state index in [4.69, 9.17) is 5.84 Å². The third kappa shape index (κ3) is 1.63. The van der Waals surface area contributed by atoms with E-state index in [0.717, 1.165) is 18.5 Å². The summed E-state index contributed by atoms with van der Waals surface area (Å²) in [5.74, 6) is 5.78. The summed E-state index contributed by atoms with van der Waals surface area (Å²) in [6.45, 7) is 0. The van der Waals surface area contributed by atoms with E-state index in [0.29, 0.717) is 0 Å². The second kappa shape index (κ2) is 4.19. The molecule has 0 radical (unpaired) electrons. The highest BCUT2D eigenvalue weighted by molar-refractivity contribution is 5.36. The second-order valence-corrected chi connectivity index (χ2v) is 4.90. The maximum Gasteiger partial charge on any atom is 0.0775 e. The normalized spacial score (nSPS) is 18.6. The largest absolute Gasteiger partial charge is 0.271 e. The van der Waals surface area contributed by atoms with Crippen molar-refractivity contribution in [1.82, 2.24) is 20.4 Å². The standard InChI is InChI=1S/C13H17N5/c1-18-11(9-15-17-18)12(16-14)13(7-8-13)10-5-3-2-4-6-10/h2-6,9,12,16H,7-8,14H2,1H3. The molecule has 1 aliphatic carbocycles. The molecule has 0 bridgehead atoms. The van der Waals surface area contributed by atoms with Crippen LogP contribution in [-0.2, 0) is 12.5 Å². The summed E-state index contributed by atoms with van der Waals surface area (Å²) in [7, 11) is 1.90. The Labute approximate surface area is 106 Å². The third-order valence-corrected chi connectivity index (χ3v) is 3.90. The number of nitrogens with zero attached hydrogens (tertiary/aromatic N) is 3. The Bertz CT molecular complexity index is 529. The van der Waals surface area contributed by atoms with Gasteiger partial charge in [0.05, 0.1) is 17.9 Å². The Hall–Kier alpha value is -1.72. The van der Waals surface area contributed by atoms with Crippen molar-refractivity contribution in [1.29, 1.82) is 0 Å². The van der Waals surface area contributed by atoms with Crippen LogP contribution in [0.3, 0.4) is 0 Å². The molecule has 18 heavy (non-hydrogen) atoms. The molecule has 1 saturated carbocycles. The minimum atomic E-state index is 0.0555. The van der Waals surface area contributed by atoms with Gasteiger partial charge < -0.3 is 0 Å². The van der Waals surface area contributed by atoms with E-state index in [9.17, 15) is 0 Å². The van der Waals surface area contributed by atoms with E-state index in [2.05, 4.69) is 40.0 Å². The highest BCUT2D eigenvalue weighted by atomic mass is 15.4. The van der Waals surface area contributed by atoms with Gasteiger partial charge in [-0.25, -0.2) is 0 Å². The predicted octanol–water partition coefficient (Wildman–Crippen LogP) is 1.05. The van der Waals surface area contributed by atoms with Crippen molar-refractivity contribution in [3.63, 3.8) is 0 Å². The van der Waals surface area contributed by atoms with Crippen LogP contribution in [0.1, 0.15) is 30.1 Å². The van der Waals surface area contributed by atoms with Crippen LogP contribution in [0.5, 0.6) is 0 Å². The van der Waals surface area contributed by atoms with Gasteiger partial charge in [0.2, 0.25) is 0 Å². The van der Waals surface area contributed by atoms with Gasteiger partial charge in [0.1, 0.15) is 0 Å². The number of hydrogen-bond donors (Lipinski definition) is 2. The van der Waals surface area contributed by atoms with E-state index in [1.54, 1.807) is 10.9 Å². The Morgan fingerprint density at radius 2 is 2.06 bits per heavy atom. The number of aromatic nitrogens is 3. The molecule has 0 spiro atoms. The average Bonchev–Trinajstić information content (AvgIpc) is 3.10. The maximum absolute atomic E-state index is 5.78. The van der Waals surface area contributed by atoms with Gasteiger partial charge in [-0.05, 0) is 18.4 Å². The van der Waals surface area contributed by atoms with Crippen molar-refractivity contribution in [3.05, 3.63) is 47.8 Å². The van der Waals surface area contributed by atoms with E-state index in [1.165, 1.54) is 5.56 Å². The van der Waals surface area contributed by atoms with Crippen LogP contribution < -0.4 is 11.3 Å². The first-order chi connectivity index (χ1) is 8.78. The quantitative estimate of drug-likeness (QED) is 0.622. The van der Waals surface area contributed by atoms with Gasteiger partial charge in [0.15, 0.2) is 0 Å². The third-order valence-electron chi connectivity index (χ3n) is 3.90. The molecule has 1 heterocycles. The minimum absolute atomic E-state index is 0.0555. The lowest BCUT2D eigenvalue weighted by atomic mass is 9.86. The van der Waals surface area contributed by atoms with Crippen LogP contribution >= 0.6 is 0 Å². The number of nitrogens with one attached hydrogen (secondary N) is 1. The molecule has 3 N–H and O–H groups in total. The minimum Gasteiger partial charge on any atom is -0.271 e. The fraction of sp³-hybridized carbons (Fsp3) is 0.385. The second-order valence-electron chi connectivity index (χ2n) is 4.90. The average molecular weight is 243 g/mol. The number of nitrogens with two attached hydrogens (primary N) is 1. The molecular formula is C13H17N5. The fourth-order valence-electron chi connectivity index (χ4n) is 2.74. The number of hydrazine groups is 1. The molecule has 0 aliphatic heterocycles. The Morgan fingerprint density at radius 1 is 1.33 bits per heavy atom. The molecule has 3 rings (SSSR count). The molecule has 2 aromatic rings. The first-order valence-electron chi connectivity index (χ1n) is 6.14. The predicted molar refractivity (Wildman–Crippen MR) is 68.4 cm³/mol. The van der Waals surface area contributed by atoms with Gasteiger partial charge in [-0.15, -0.1) is 5.10 Å². The van der Waals surface area contributed by atoms with Crippen LogP contribution in [0.15, 0.2) is 36.5 Å². The molecule has 5 heteroatoms. The van der Waals surface area contributed by atoms with Crippen LogP contribution in [-0.4, -0.2) is 15.0 Å². The monoisotopic (exact) mass is 243 g/mol. The molecule has 0 saturated heterocycles. The van der Waals surface area contributed by atoms with Gasteiger partial charge in [0.25, 0.3) is 0 Å². The SMILES string of the molecule is Cn1nncc1C(NN)C1(c2ccccc2)CC1. The Morgan fingerprint density at radius 3 is 2.56 bits per heavy atom. The molecule has 1 unspecified atom stereocenters. The summed E-state index contributed by atoms with van der Waals surface area (Å²) < 4.78 is 1.79. The molecular weight excluding hydrogens is 226 g/mol. The Kier molecular flexibility index (Phi) is 2.65. The van der Waals surface area contributed by atoms with Gasteiger partial charge in [-0.3, -0.25) is 16.0 Å². The van der Waals surface area contributed by atoms with Crippen molar-refractivity contribution in [3.8, 4) is 0 Å². The maximum atomic E-state index is 5.78. The molecule has 1 aliphatic rings. The molecule has 1 fully saturated rings. The van der Waals surface area contributed by atoms with Crippen molar-refractivity contribution in [2.75, 3.05) is 0 Å². The molecule has 1 atom stereocenters. The zero-order valence-corrected chi connectivity index (χ0v) is 10.4. The molecule has 1 aromatic carbocycles. The molecule has 1 aromatic heterocycles. The van der Waals surface area contributed by atoms with E-state index >= 15 is 0 Å². The summed E-state index contributed by atoms with van der Waals surface area (Å²) in [5.41, 5.74) is 5.39. The summed E-state index contributed by atoms with van der Waals surface area (Å²) in [6, 6.07) is 10.6. The summed E-state index contributed by atoms with van der Waals surface area (Å²) in [6.07, 6.45) is 4.06. The van der Waals surface area contributed by atoms with Gasteiger partial charge in [0, 0.05) is 12.5 Å². The van der Waals surface area contributed by atoms with Crippen LogP contribution in [0.2, 0.25) is 0 Å². The first kappa shape index (κ1) is 11.4. The van der Waals surface area contributed by atoms with Crippen molar-refractivity contribution in [2.24, 2.45) is 12.9 Å². The summed E-state index contributed by atoms with van der Waals surface area (Å²) in [4.78, 5) is 0. The van der Waals surface area contributed by atoms with Gasteiger partial charge in [-0.1, -0.05) is 35.5 Å². The van der Waals surface area contributed by atoms with Crippen LogP contribution in [0, 0.1) is 0 Å². The fourth-order valence-corrected chi connectivity index (χ4v) is 2.74. The summed E-state index contributed by atoms with van der Waals surface area (Å²) in [5, 5.41) is 7.93. The lowest BCUT2D eigenvalue weighted by Crippen LogP contribution is -2.38. The molecule has 94 valence electrons. The lowest BCUT2D eigenvalue weighted by molar-refractivity contribution is 0.413. The zero-order chi connectivity index (χ0) is 12.6. The lowest BCUT2D eigenvalue weighted by Gasteiger charge is -2.26. The van der Waals surface area contributed by atoms with Gasteiger partial charge in [-0.2, -0.15) is 0 Å². The van der Waals surface area contributed by atoms with E-state index in [-0.39, 0.29) is 11.5 Å². The highest BCUT2D eigenvalue weighted by Crippen LogP contribution is 2.55. The van der Waals surface area contributed by atoms with Gasteiger partial charge >= 0.3 is 0 Å². The molecule has 5 nitrogen and oxygen atoms in total. The van der Waals surface area contributed by atoms with Crippen LogP contribution in [0.25, 0.3) is 0 Å². The zero-order valence-electron chi connectivity index (χ0n) is 10.4. The molecule has 0 amide bonds. The van der Waals surface area contributed by atoms with E-state index < -0.39 is 0 Å². The number of hydrogen-bond acceptors (Lipinski definition) is 4. The highest BCUT2D eigenvalue weighted by Gasteiger charge is 2.51. The van der Waals surface area contributed by atoms with E-state index in [1.807, 2.05) is 13.1 Å².